The van der Waals surface area contributed by atoms with Crippen molar-refractivity contribution in [2.45, 2.75) is 37.7 Å². The van der Waals surface area contributed by atoms with Gasteiger partial charge in [-0.15, -0.1) is 0 Å². The Hall–Kier alpha value is -0.170. The van der Waals surface area contributed by atoms with Gasteiger partial charge in [-0.1, -0.05) is 0 Å². The molecule has 0 aromatic heterocycles. The van der Waals surface area contributed by atoms with Crippen LogP contribution in [0.3, 0.4) is 0 Å². The third kappa shape index (κ3) is 3.41. The number of sulfone groups is 1. The average molecular weight is 236 g/mol. The molecule has 1 radical (unpaired) electrons. The summed E-state index contributed by atoms with van der Waals surface area (Å²) in [4.78, 5) is 0. The van der Waals surface area contributed by atoms with Gasteiger partial charge < -0.3 is 9.47 Å². The number of hydrogen-bond donors (Lipinski definition) is 0. The van der Waals surface area contributed by atoms with Crippen LogP contribution in [0.15, 0.2) is 0 Å². The highest BCUT2D eigenvalue weighted by Crippen LogP contribution is 2.13. The third-order valence-corrected chi connectivity index (χ3v) is 4.65. The van der Waals surface area contributed by atoms with E-state index in [1.165, 1.54) is 6.92 Å². The highest BCUT2D eigenvalue weighted by molar-refractivity contribution is 7.92. The van der Waals surface area contributed by atoms with Gasteiger partial charge in [-0.3, -0.25) is 0 Å². The predicted octanol–water partition coefficient (Wildman–Crippen LogP) is 0.133. The van der Waals surface area contributed by atoms with Crippen LogP contribution in [0.1, 0.15) is 20.8 Å². The molecular weight excluding hydrogens is 218 g/mol. The zero-order chi connectivity index (χ0) is 11.5. The summed E-state index contributed by atoms with van der Waals surface area (Å²) in [7, 11) is -3.22. The van der Waals surface area contributed by atoms with E-state index in [0.717, 1.165) is 0 Å². The molecule has 1 rings (SSSR count). The Morgan fingerprint density at radius 1 is 1.40 bits per heavy atom. The summed E-state index contributed by atoms with van der Waals surface area (Å²) in [5, 5.41) is 3.66. The molecule has 1 heterocycles. The van der Waals surface area contributed by atoms with Gasteiger partial charge in [-0.05, 0) is 20.8 Å². The molecule has 0 aromatic carbocycles. The third-order valence-electron chi connectivity index (χ3n) is 2.29. The molecule has 6 heteroatoms. The summed E-state index contributed by atoms with van der Waals surface area (Å²) in [5.74, 6) is 0. The van der Waals surface area contributed by atoms with Crippen molar-refractivity contribution in [1.29, 1.82) is 0 Å². The first-order valence-electron chi connectivity index (χ1n) is 5.07. The molecule has 0 bridgehead atoms. The quantitative estimate of drug-likeness (QED) is 0.696. The largest absolute Gasteiger partial charge is 0.350 e. The second-order valence-electron chi connectivity index (χ2n) is 3.77. The standard InChI is InChI=1S/C9H18NO4S/c1-7(2)15(11,12)8(3)14-9-6-10-4-5-13-9/h7-9H,4-6H2,1-3H3. The summed E-state index contributed by atoms with van der Waals surface area (Å²) in [6.07, 6.45) is -0.512. The van der Waals surface area contributed by atoms with E-state index in [9.17, 15) is 8.42 Å². The molecule has 0 aliphatic carbocycles. The van der Waals surface area contributed by atoms with Crippen molar-refractivity contribution in [3.05, 3.63) is 0 Å². The smallest absolute Gasteiger partial charge is 0.179 e. The van der Waals surface area contributed by atoms with E-state index in [4.69, 9.17) is 9.47 Å². The van der Waals surface area contributed by atoms with Crippen LogP contribution in [-0.4, -0.2) is 45.1 Å². The fraction of sp³-hybridized carbons (Fsp3) is 1.00. The second-order valence-corrected chi connectivity index (χ2v) is 6.56. The van der Waals surface area contributed by atoms with E-state index >= 15 is 0 Å². The fourth-order valence-corrected chi connectivity index (χ4v) is 2.30. The van der Waals surface area contributed by atoms with Crippen LogP contribution in [-0.2, 0) is 19.3 Å². The van der Waals surface area contributed by atoms with Crippen LogP contribution in [0.25, 0.3) is 0 Å². The van der Waals surface area contributed by atoms with Gasteiger partial charge in [0.25, 0.3) is 0 Å². The van der Waals surface area contributed by atoms with Crippen molar-refractivity contribution < 1.29 is 17.9 Å². The Morgan fingerprint density at radius 2 is 2.07 bits per heavy atom. The van der Waals surface area contributed by atoms with Gasteiger partial charge in [0.15, 0.2) is 21.6 Å². The topological polar surface area (TPSA) is 66.7 Å². The Balaban J connectivity index is 2.50. The minimum absolute atomic E-state index is 0.415. The van der Waals surface area contributed by atoms with Gasteiger partial charge in [0, 0.05) is 6.54 Å². The van der Waals surface area contributed by atoms with Crippen LogP contribution in [0.2, 0.25) is 0 Å². The molecule has 5 nitrogen and oxygen atoms in total. The summed E-state index contributed by atoms with van der Waals surface area (Å²) in [6.45, 7) is 6.39. The number of hydrogen-bond acceptors (Lipinski definition) is 4. The zero-order valence-electron chi connectivity index (χ0n) is 9.34. The maximum atomic E-state index is 11.7. The van der Waals surface area contributed by atoms with E-state index in [0.29, 0.717) is 19.7 Å². The molecule has 1 saturated heterocycles. The van der Waals surface area contributed by atoms with E-state index in [-0.39, 0.29) is 0 Å². The Kier molecular flexibility index (Phi) is 4.51. The van der Waals surface area contributed by atoms with Crippen molar-refractivity contribution >= 4 is 9.84 Å². The van der Waals surface area contributed by atoms with Gasteiger partial charge in [-0.25, -0.2) is 13.7 Å². The molecular formula is C9H18NO4S. The number of morpholine rings is 1. The maximum Gasteiger partial charge on any atom is 0.179 e. The van der Waals surface area contributed by atoms with Crippen LogP contribution >= 0.6 is 0 Å². The van der Waals surface area contributed by atoms with Crippen molar-refractivity contribution in [3.63, 3.8) is 0 Å². The zero-order valence-corrected chi connectivity index (χ0v) is 10.2. The van der Waals surface area contributed by atoms with Gasteiger partial charge in [-0.2, -0.15) is 0 Å². The van der Waals surface area contributed by atoms with Gasteiger partial charge in [0.1, 0.15) is 0 Å². The summed E-state index contributed by atoms with van der Waals surface area (Å²) in [6, 6.07) is 0. The SMILES string of the molecule is CC(C)S(=O)(=O)C(C)OC1C[N]CCO1. The lowest BCUT2D eigenvalue weighted by Gasteiger charge is -2.26. The monoisotopic (exact) mass is 236 g/mol. The molecule has 0 saturated carbocycles. The fourth-order valence-electron chi connectivity index (χ4n) is 1.25. The normalized spacial score (nSPS) is 25.5. The molecule has 15 heavy (non-hydrogen) atoms. The predicted molar refractivity (Wildman–Crippen MR) is 56.2 cm³/mol. The summed E-state index contributed by atoms with van der Waals surface area (Å²) in [5.41, 5.74) is -0.837. The molecule has 0 N–H and O–H groups in total. The average Bonchev–Trinajstić information content (AvgIpc) is 2.18. The second kappa shape index (κ2) is 5.25. The van der Waals surface area contributed by atoms with E-state index < -0.39 is 26.8 Å². The lowest BCUT2D eigenvalue weighted by Crippen LogP contribution is -2.40. The first-order chi connectivity index (χ1) is 6.94. The Labute approximate surface area is 91.1 Å². The summed E-state index contributed by atoms with van der Waals surface area (Å²) >= 11 is 0. The number of rotatable bonds is 4. The maximum absolute atomic E-state index is 11.7. The van der Waals surface area contributed by atoms with E-state index in [1.807, 2.05) is 0 Å². The van der Waals surface area contributed by atoms with E-state index in [1.54, 1.807) is 13.8 Å². The molecule has 0 amide bonds. The number of ether oxygens (including phenoxy) is 2. The van der Waals surface area contributed by atoms with Crippen LogP contribution in [0.4, 0.5) is 0 Å². The Morgan fingerprint density at radius 3 is 2.53 bits per heavy atom. The lowest BCUT2D eigenvalue weighted by molar-refractivity contribution is -0.160. The molecule has 2 unspecified atom stereocenters. The van der Waals surface area contributed by atoms with Gasteiger partial charge in [0.2, 0.25) is 0 Å². The summed E-state index contributed by atoms with van der Waals surface area (Å²) < 4.78 is 33.9. The van der Waals surface area contributed by atoms with Gasteiger partial charge in [0.05, 0.1) is 18.4 Å². The van der Waals surface area contributed by atoms with Crippen molar-refractivity contribution in [3.8, 4) is 0 Å². The first kappa shape index (κ1) is 12.9. The first-order valence-corrected chi connectivity index (χ1v) is 6.68. The van der Waals surface area contributed by atoms with Crippen molar-refractivity contribution in [2.24, 2.45) is 0 Å². The Bertz CT molecular complexity index is 282. The van der Waals surface area contributed by atoms with Crippen molar-refractivity contribution in [1.82, 2.24) is 5.32 Å². The molecule has 0 aromatic rings. The number of nitrogens with zero attached hydrogens (tertiary/aromatic N) is 1. The lowest BCUT2D eigenvalue weighted by atomic mass is 10.5. The minimum Gasteiger partial charge on any atom is -0.350 e. The minimum atomic E-state index is -3.22. The van der Waals surface area contributed by atoms with Crippen LogP contribution < -0.4 is 5.32 Å². The molecule has 1 aliphatic heterocycles. The molecule has 2 atom stereocenters. The van der Waals surface area contributed by atoms with Crippen molar-refractivity contribution in [2.75, 3.05) is 19.7 Å². The van der Waals surface area contributed by atoms with E-state index in [2.05, 4.69) is 5.32 Å². The van der Waals surface area contributed by atoms with Gasteiger partial charge >= 0.3 is 0 Å². The molecule has 89 valence electrons. The van der Waals surface area contributed by atoms with Crippen LogP contribution in [0, 0.1) is 0 Å². The highest BCUT2D eigenvalue weighted by Gasteiger charge is 2.29. The molecule has 1 aliphatic rings. The van der Waals surface area contributed by atoms with Crippen LogP contribution in [0.5, 0.6) is 0 Å². The molecule has 1 fully saturated rings. The highest BCUT2D eigenvalue weighted by atomic mass is 32.2. The molecule has 0 spiro atoms.